The summed E-state index contributed by atoms with van der Waals surface area (Å²) in [7, 11) is 0. The summed E-state index contributed by atoms with van der Waals surface area (Å²) in [5.74, 6) is 1.000. The zero-order valence-corrected chi connectivity index (χ0v) is 22.6. The molecular weight excluding hydrogens is 480 g/mol. The Morgan fingerprint density at radius 2 is 1.81 bits per heavy atom. The van der Waals surface area contributed by atoms with Gasteiger partial charge in [-0.25, -0.2) is 0 Å². The number of nitrogens with two attached hydrogens (primary N) is 1. The Labute approximate surface area is 224 Å². The molecule has 2 saturated carbocycles. The standard InChI is InChI=1S/C28H38N8S/c1-18(2)17-36(21-8-4-3-5-9-21)25-15-14-20(22-10-6-7-11-23(22)26(29)34-35-32)16-24(25)33-28(31)37-27(30)19-12-13-19/h6-7,10-11,14-16,18-19,21,30H,3-5,8-9,12-13,17H2,1-2H3,(H2,31,33)(H3,29,32,34). The highest BCUT2D eigenvalue weighted by atomic mass is 32.2. The summed E-state index contributed by atoms with van der Waals surface area (Å²) in [5.41, 5.74) is 17.7. The molecular formula is C28H38N8S. The number of hydrogen-bond acceptors (Lipinski definition) is 6. The first-order valence-corrected chi connectivity index (χ1v) is 14.0. The minimum atomic E-state index is 0.189. The van der Waals surface area contributed by atoms with Gasteiger partial charge in [-0.3, -0.25) is 10.8 Å². The molecule has 2 aliphatic rings. The number of nitrogens with zero attached hydrogens (tertiary/aromatic N) is 3. The Kier molecular flexibility index (Phi) is 8.97. The summed E-state index contributed by atoms with van der Waals surface area (Å²) in [5, 5.41) is 28.0. The van der Waals surface area contributed by atoms with Crippen molar-refractivity contribution in [2.45, 2.75) is 64.8 Å². The van der Waals surface area contributed by atoms with E-state index in [2.05, 4.69) is 52.6 Å². The van der Waals surface area contributed by atoms with Crippen LogP contribution < -0.4 is 16.0 Å². The molecule has 0 saturated heterocycles. The van der Waals surface area contributed by atoms with Crippen LogP contribution in [0, 0.1) is 28.2 Å². The van der Waals surface area contributed by atoms with E-state index in [1.54, 1.807) is 0 Å². The Morgan fingerprint density at radius 1 is 1.08 bits per heavy atom. The fourth-order valence-electron chi connectivity index (χ4n) is 5.04. The van der Waals surface area contributed by atoms with Crippen molar-refractivity contribution in [2.24, 2.45) is 27.9 Å². The molecule has 2 aromatic carbocycles. The Balaban J connectivity index is 1.75. The third kappa shape index (κ3) is 6.97. The number of hydrogen-bond donors (Lipinski definition) is 5. The lowest BCUT2D eigenvalue weighted by Gasteiger charge is -2.38. The summed E-state index contributed by atoms with van der Waals surface area (Å²) < 4.78 is 0. The predicted octanol–water partition coefficient (Wildman–Crippen LogP) is 7.27. The van der Waals surface area contributed by atoms with Gasteiger partial charge in [0.05, 0.1) is 16.4 Å². The monoisotopic (exact) mass is 518 g/mol. The molecule has 2 aliphatic carbocycles. The maximum atomic E-state index is 8.66. The zero-order valence-electron chi connectivity index (χ0n) is 21.8. The molecule has 2 fully saturated rings. The fraction of sp³-hybridized carbons (Fsp3) is 0.464. The van der Waals surface area contributed by atoms with Crippen molar-refractivity contribution < 1.29 is 0 Å². The quantitative estimate of drug-likeness (QED) is 0.103. The zero-order chi connectivity index (χ0) is 26.4. The van der Waals surface area contributed by atoms with Crippen LogP contribution in [0.1, 0.15) is 64.4 Å². The minimum absolute atomic E-state index is 0.189. The largest absolute Gasteiger partial charge is 0.382 e. The first kappa shape index (κ1) is 26.9. The van der Waals surface area contributed by atoms with Crippen LogP contribution in [0.4, 0.5) is 11.4 Å². The minimum Gasteiger partial charge on any atom is -0.382 e. The molecule has 0 aliphatic heterocycles. The molecule has 4 rings (SSSR count). The van der Waals surface area contributed by atoms with Gasteiger partial charge in [-0.1, -0.05) is 68.7 Å². The van der Waals surface area contributed by atoms with E-state index in [4.69, 9.17) is 22.1 Å². The van der Waals surface area contributed by atoms with Crippen molar-refractivity contribution in [2.75, 3.05) is 16.8 Å². The third-order valence-electron chi connectivity index (χ3n) is 6.96. The molecule has 6 N–H and O–H groups in total. The lowest BCUT2D eigenvalue weighted by molar-refractivity contribution is 0.401. The number of amidine groups is 2. The SMILES string of the molecule is CC(C)CN(c1ccc(-c2ccccc2/C(N)=N/N=N)cc1NC(=N)SC(=N)C1CC1)C1CCCCC1. The number of nitrogens with one attached hydrogen (secondary N) is 4. The normalized spacial score (nSPS) is 16.5. The van der Waals surface area contributed by atoms with Crippen LogP contribution in [0.2, 0.25) is 0 Å². The number of thioether (sulfide) groups is 1. The molecule has 0 aromatic heterocycles. The topological polar surface area (TPSA) is 138 Å². The summed E-state index contributed by atoms with van der Waals surface area (Å²) in [4.78, 5) is 2.53. The molecule has 0 amide bonds. The van der Waals surface area contributed by atoms with E-state index < -0.39 is 0 Å². The van der Waals surface area contributed by atoms with E-state index in [1.165, 1.54) is 43.9 Å². The van der Waals surface area contributed by atoms with Crippen LogP contribution in [0.15, 0.2) is 52.8 Å². The van der Waals surface area contributed by atoms with Gasteiger partial charge in [-0.15, -0.1) is 5.10 Å². The Morgan fingerprint density at radius 3 is 2.49 bits per heavy atom. The molecule has 196 valence electrons. The maximum Gasteiger partial charge on any atom is 0.164 e. The van der Waals surface area contributed by atoms with Gasteiger partial charge < -0.3 is 16.0 Å². The van der Waals surface area contributed by atoms with Gasteiger partial charge in [0.1, 0.15) is 0 Å². The molecule has 9 heteroatoms. The molecule has 0 spiro atoms. The first-order valence-electron chi connectivity index (χ1n) is 13.2. The highest BCUT2D eigenvalue weighted by Crippen LogP contribution is 2.39. The Bertz CT molecular complexity index is 1160. The smallest absolute Gasteiger partial charge is 0.164 e. The van der Waals surface area contributed by atoms with Gasteiger partial charge >= 0.3 is 0 Å². The second-order valence-electron chi connectivity index (χ2n) is 10.4. The highest BCUT2D eigenvalue weighted by molar-refractivity contribution is 8.26. The molecule has 0 unspecified atom stereocenters. The van der Waals surface area contributed by atoms with Gasteiger partial charge in [0.25, 0.3) is 0 Å². The van der Waals surface area contributed by atoms with E-state index in [0.717, 1.165) is 41.9 Å². The van der Waals surface area contributed by atoms with Crippen molar-refractivity contribution in [1.29, 1.82) is 16.3 Å². The van der Waals surface area contributed by atoms with Crippen LogP contribution in [-0.4, -0.2) is 28.6 Å². The number of rotatable bonds is 9. The lowest BCUT2D eigenvalue weighted by Crippen LogP contribution is -2.39. The molecule has 37 heavy (non-hydrogen) atoms. The van der Waals surface area contributed by atoms with Crippen molar-refractivity contribution in [3.05, 3.63) is 48.0 Å². The van der Waals surface area contributed by atoms with E-state index in [9.17, 15) is 0 Å². The van der Waals surface area contributed by atoms with Crippen molar-refractivity contribution in [3.8, 4) is 11.1 Å². The van der Waals surface area contributed by atoms with Crippen molar-refractivity contribution in [3.63, 3.8) is 0 Å². The summed E-state index contributed by atoms with van der Waals surface area (Å²) in [6.45, 7) is 5.45. The molecule has 0 atom stereocenters. The first-order chi connectivity index (χ1) is 17.9. The van der Waals surface area contributed by atoms with E-state index in [1.807, 2.05) is 24.3 Å². The average Bonchev–Trinajstić information content (AvgIpc) is 3.74. The summed E-state index contributed by atoms with van der Waals surface area (Å²) in [6, 6.07) is 14.5. The maximum absolute atomic E-state index is 8.66. The molecule has 2 aromatic rings. The van der Waals surface area contributed by atoms with Crippen LogP contribution in [0.25, 0.3) is 11.1 Å². The van der Waals surface area contributed by atoms with Gasteiger partial charge in [-0.05, 0) is 66.6 Å². The summed E-state index contributed by atoms with van der Waals surface area (Å²) in [6.07, 6.45) is 8.25. The van der Waals surface area contributed by atoms with Gasteiger partial charge in [-0.2, -0.15) is 5.53 Å². The van der Waals surface area contributed by atoms with Crippen LogP contribution in [0.3, 0.4) is 0 Å². The van der Waals surface area contributed by atoms with Crippen molar-refractivity contribution in [1.82, 2.24) is 0 Å². The Hall–Kier alpha value is -3.20. The third-order valence-corrected chi connectivity index (χ3v) is 7.82. The predicted molar refractivity (Wildman–Crippen MR) is 156 cm³/mol. The molecule has 0 bridgehead atoms. The van der Waals surface area contributed by atoms with Gasteiger partial charge in [0, 0.05) is 24.1 Å². The van der Waals surface area contributed by atoms with E-state index in [0.29, 0.717) is 28.5 Å². The molecule has 0 radical (unpaired) electrons. The van der Waals surface area contributed by atoms with Gasteiger partial charge in [0.15, 0.2) is 11.0 Å². The van der Waals surface area contributed by atoms with Crippen LogP contribution in [-0.2, 0) is 0 Å². The lowest BCUT2D eigenvalue weighted by atomic mass is 9.92. The molecule has 0 heterocycles. The summed E-state index contributed by atoms with van der Waals surface area (Å²) >= 11 is 1.22. The second-order valence-corrected chi connectivity index (χ2v) is 11.4. The van der Waals surface area contributed by atoms with Gasteiger partial charge in [0.2, 0.25) is 0 Å². The van der Waals surface area contributed by atoms with Crippen molar-refractivity contribution >= 4 is 39.2 Å². The van der Waals surface area contributed by atoms with Crippen LogP contribution in [0.5, 0.6) is 0 Å². The second kappa shape index (κ2) is 12.4. The average molecular weight is 519 g/mol. The number of anilines is 2. The van der Waals surface area contributed by atoms with E-state index in [-0.39, 0.29) is 11.0 Å². The fourth-order valence-corrected chi connectivity index (χ4v) is 5.82. The highest BCUT2D eigenvalue weighted by Gasteiger charge is 2.29. The van der Waals surface area contributed by atoms with E-state index >= 15 is 0 Å². The van der Waals surface area contributed by atoms with Crippen LogP contribution >= 0.6 is 11.8 Å². The number of benzene rings is 2. The molecule has 8 nitrogen and oxygen atoms in total.